The predicted octanol–water partition coefficient (Wildman–Crippen LogP) is 3.34. The zero-order chi connectivity index (χ0) is 19.5. The molecule has 2 aromatic carbocycles. The van der Waals surface area contributed by atoms with Crippen LogP contribution in [0, 0.1) is 13.8 Å². The largest absolute Gasteiger partial charge is 0.348 e. The molecule has 1 amide bonds. The lowest BCUT2D eigenvalue weighted by molar-refractivity contribution is -0.122. The number of benzene rings is 2. The molecule has 0 heterocycles. The summed E-state index contributed by atoms with van der Waals surface area (Å²) in [4.78, 5) is 12.7. The van der Waals surface area contributed by atoms with Crippen molar-refractivity contribution < 1.29 is 13.2 Å². The average molecular weight is 375 g/mol. The summed E-state index contributed by atoms with van der Waals surface area (Å²) < 4.78 is 26.0. The Kier molecular flexibility index (Phi) is 6.08. The maximum absolute atomic E-state index is 12.7. The van der Waals surface area contributed by atoms with Crippen LogP contribution in [0.2, 0.25) is 0 Å². The van der Waals surface area contributed by atoms with Crippen molar-refractivity contribution in [3.63, 3.8) is 0 Å². The highest BCUT2D eigenvalue weighted by Crippen LogP contribution is 2.24. The van der Waals surface area contributed by atoms with Crippen molar-refractivity contribution in [2.75, 3.05) is 10.6 Å². The van der Waals surface area contributed by atoms with Gasteiger partial charge in [0.05, 0.1) is 18.0 Å². The number of carbonyl (C=O) groups is 1. The molecule has 2 atom stereocenters. The highest BCUT2D eigenvalue weighted by Gasteiger charge is 2.30. The number of anilines is 1. The Bertz CT molecular complexity index is 859. The fraction of sp³-hybridized carbons (Fsp3) is 0.350. The summed E-state index contributed by atoms with van der Waals surface area (Å²) in [6.07, 6.45) is 1.12. The maximum atomic E-state index is 12.7. The second kappa shape index (κ2) is 7.91. The third kappa shape index (κ3) is 4.85. The summed E-state index contributed by atoms with van der Waals surface area (Å²) in [6, 6.07) is 14.0. The van der Waals surface area contributed by atoms with Gasteiger partial charge in [0, 0.05) is 0 Å². The van der Waals surface area contributed by atoms with Gasteiger partial charge in [-0.25, -0.2) is 8.42 Å². The molecule has 0 aliphatic rings. The first-order chi connectivity index (χ1) is 12.1. The van der Waals surface area contributed by atoms with Gasteiger partial charge in [-0.2, -0.15) is 0 Å². The molecule has 1 N–H and O–H groups in total. The quantitative estimate of drug-likeness (QED) is 0.843. The number of aryl methyl sites for hydroxylation is 2. The fourth-order valence-electron chi connectivity index (χ4n) is 3.05. The topological polar surface area (TPSA) is 66.5 Å². The van der Waals surface area contributed by atoms with E-state index in [-0.39, 0.29) is 11.9 Å². The van der Waals surface area contributed by atoms with Crippen molar-refractivity contribution in [2.24, 2.45) is 0 Å². The normalized spacial score (nSPS) is 13.7. The summed E-state index contributed by atoms with van der Waals surface area (Å²) in [5.41, 5.74) is 3.35. The van der Waals surface area contributed by atoms with Crippen LogP contribution in [-0.4, -0.2) is 26.6 Å². The van der Waals surface area contributed by atoms with Gasteiger partial charge in [0.15, 0.2) is 0 Å². The minimum atomic E-state index is -3.62. The molecule has 0 saturated carbocycles. The standard InChI is InChI=1S/C20H26N2O3S/c1-14-11-15(2)13-19(12-14)22(26(5,24)25)17(4)20(23)21-16(3)18-9-7-6-8-10-18/h6-13,16-17H,1-5H3,(H,21,23)/t16-,17+/m1/s1. The number of nitrogens with one attached hydrogen (secondary N) is 1. The monoisotopic (exact) mass is 374 g/mol. The van der Waals surface area contributed by atoms with Gasteiger partial charge < -0.3 is 5.32 Å². The fourth-order valence-corrected chi connectivity index (χ4v) is 4.20. The molecule has 0 spiro atoms. The van der Waals surface area contributed by atoms with Gasteiger partial charge in [-0.15, -0.1) is 0 Å². The zero-order valence-electron chi connectivity index (χ0n) is 15.9. The molecule has 140 valence electrons. The zero-order valence-corrected chi connectivity index (χ0v) is 16.7. The van der Waals surface area contributed by atoms with E-state index in [0.717, 1.165) is 22.9 Å². The second-order valence-electron chi connectivity index (χ2n) is 6.72. The number of nitrogens with zero attached hydrogens (tertiary/aromatic N) is 1. The van der Waals surface area contributed by atoms with Crippen LogP contribution in [0.5, 0.6) is 0 Å². The van der Waals surface area contributed by atoms with E-state index >= 15 is 0 Å². The van der Waals surface area contributed by atoms with Crippen molar-refractivity contribution in [3.8, 4) is 0 Å². The molecule has 0 fully saturated rings. The number of hydrogen-bond donors (Lipinski definition) is 1. The predicted molar refractivity (Wildman–Crippen MR) is 106 cm³/mol. The molecule has 6 heteroatoms. The SMILES string of the molecule is Cc1cc(C)cc(N([C@@H](C)C(=O)N[C@H](C)c2ccccc2)S(C)(=O)=O)c1. The number of amides is 1. The van der Waals surface area contributed by atoms with E-state index in [1.54, 1.807) is 19.1 Å². The molecule has 0 aliphatic heterocycles. The Morgan fingerprint density at radius 3 is 2.04 bits per heavy atom. The Hall–Kier alpha value is -2.34. The molecule has 0 bridgehead atoms. The lowest BCUT2D eigenvalue weighted by Gasteiger charge is -2.29. The molecule has 2 rings (SSSR count). The molecule has 0 saturated heterocycles. The number of carbonyl (C=O) groups excluding carboxylic acids is 1. The van der Waals surface area contributed by atoms with Crippen molar-refractivity contribution in [1.82, 2.24) is 5.32 Å². The molecule has 26 heavy (non-hydrogen) atoms. The first-order valence-corrected chi connectivity index (χ1v) is 10.4. The van der Waals surface area contributed by atoms with Crippen LogP contribution in [0.4, 0.5) is 5.69 Å². The maximum Gasteiger partial charge on any atom is 0.244 e. The van der Waals surface area contributed by atoms with Gasteiger partial charge in [-0.1, -0.05) is 36.4 Å². The van der Waals surface area contributed by atoms with E-state index in [2.05, 4.69) is 5.32 Å². The summed E-state index contributed by atoms with van der Waals surface area (Å²) in [5, 5.41) is 2.90. The molecular formula is C20H26N2O3S. The van der Waals surface area contributed by atoms with E-state index in [1.165, 1.54) is 4.31 Å². The van der Waals surface area contributed by atoms with Gasteiger partial charge in [0.2, 0.25) is 15.9 Å². The summed E-state index contributed by atoms with van der Waals surface area (Å²) in [7, 11) is -3.62. The second-order valence-corrected chi connectivity index (χ2v) is 8.58. The Balaban J connectivity index is 2.29. The minimum Gasteiger partial charge on any atom is -0.348 e. The lowest BCUT2D eigenvalue weighted by atomic mass is 10.1. The van der Waals surface area contributed by atoms with Gasteiger partial charge in [-0.3, -0.25) is 9.10 Å². The van der Waals surface area contributed by atoms with Gasteiger partial charge in [-0.05, 0) is 56.5 Å². The lowest BCUT2D eigenvalue weighted by Crippen LogP contribution is -2.48. The minimum absolute atomic E-state index is 0.216. The molecule has 0 radical (unpaired) electrons. The van der Waals surface area contributed by atoms with Crippen molar-refractivity contribution in [2.45, 2.75) is 39.8 Å². The van der Waals surface area contributed by atoms with Crippen LogP contribution in [0.3, 0.4) is 0 Å². The molecule has 0 aliphatic carbocycles. The van der Waals surface area contributed by atoms with E-state index in [1.807, 2.05) is 57.2 Å². The highest BCUT2D eigenvalue weighted by atomic mass is 32.2. The first kappa shape index (κ1) is 20.0. The van der Waals surface area contributed by atoms with E-state index in [9.17, 15) is 13.2 Å². The number of rotatable bonds is 6. The summed E-state index contributed by atoms with van der Waals surface area (Å²) >= 11 is 0. The third-order valence-corrected chi connectivity index (χ3v) is 5.45. The van der Waals surface area contributed by atoms with Crippen LogP contribution in [0.25, 0.3) is 0 Å². The molecule has 0 unspecified atom stereocenters. The van der Waals surface area contributed by atoms with Crippen LogP contribution in [-0.2, 0) is 14.8 Å². The van der Waals surface area contributed by atoms with Gasteiger partial charge in [0.1, 0.15) is 6.04 Å². The van der Waals surface area contributed by atoms with Crippen molar-refractivity contribution in [1.29, 1.82) is 0 Å². The Labute approximate surface area is 156 Å². The summed E-state index contributed by atoms with van der Waals surface area (Å²) in [6.45, 7) is 7.28. The smallest absolute Gasteiger partial charge is 0.244 e. The Morgan fingerprint density at radius 1 is 1.00 bits per heavy atom. The summed E-state index contributed by atoms with van der Waals surface area (Å²) in [5.74, 6) is -0.342. The Morgan fingerprint density at radius 2 is 1.54 bits per heavy atom. The molecule has 0 aromatic heterocycles. The molecular weight excluding hydrogens is 348 g/mol. The van der Waals surface area contributed by atoms with E-state index in [0.29, 0.717) is 5.69 Å². The molecule has 5 nitrogen and oxygen atoms in total. The van der Waals surface area contributed by atoms with E-state index < -0.39 is 16.1 Å². The third-order valence-electron chi connectivity index (χ3n) is 4.21. The van der Waals surface area contributed by atoms with Crippen LogP contribution in [0.1, 0.15) is 36.6 Å². The number of sulfonamides is 1. The van der Waals surface area contributed by atoms with Gasteiger partial charge >= 0.3 is 0 Å². The first-order valence-electron chi connectivity index (χ1n) is 8.52. The van der Waals surface area contributed by atoms with Crippen LogP contribution >= 0.6 is 0 Å². The van der Waals surface area contributed by atoms with Crippen LogP contribution in [0.15, 0.2) is 48.5 Å². The van der Waals surface area contributed by atoms with Gasteiger partial charge in [0.25, 0.3) is 0 Å². The highest BCUT2D eigenvalue weighted by molar-refractivity contribution is 7.92. The van der Waals surface area contributed by atoms with Crippen molar-refractivity contribution in [3.05, 3.63) is 65.2 Å². The van der Waals surface area contributed by atoms with Crippen LogP contribution < -0.4 is 9.62 Å². The number of hydrogen-bond acceptors (Lipinski definition) is 3. The molecule has 2 aromatic rings. The van der Waals surface area contributed by atoms with E-state index in [4.69, 9.17) is 0 Å². The van der Waals surface area contributed by atoms with Crippen molar-refractivity contribution >= 4 is 21.6 Å². The average Bonchev–Trinajstić information content (AvgIpc) is 2.53.